The van der Waals surface area contributed by atoms with Gasteiger partial charge in [0.05, 0.1) is 26.3 Å². The van der Waals surface area contributed by atoms with Crippen molar-refractivity contribution in [3.8, 4) is 0 Å². The van der Waals surface area contributed by atoms with Crippen molar-refractivity contribution in [2.24, 2.45) is 0 Å². The summed E-state index contributed by atoms with van der Waals surface area (Å²) in [7, 11) is 0. The smallest absolute Gasteiger partial charge is 0.328 e. The van der Waals surface area contributed by atoms with Gasteiger partial charge in [0, 0.05) is 0 Å². The number of imidazole rings is 2. The maximum atomic E-state index is 12.3. The van der Waals surface area contributed by atoms with E-state index in [4.69, 9.17) is 20.9 Å². The highest BCUT2D eigenvalue weighted by atomic mass is 16.5. The Kier molecular flexibility index (Phi) is 12.5. The predicted octanol–water partition coefficient (Wildman–Crippen LogP) is 3.27. The molecule has 4 aromatic heterocycles. The lowest BCUT2D eigenvalue weighted by Crippen LogP contribution is -2.18. The number of ether oxygens (including phenoxy) is 2. The van der Waals surface area contributed by atoms with Crippen LogP contribution in [0.1, 0.15) is 62.3 Å². The summed E-state index contributed by atoms with van der Waals surface area (Å²) in [5.74, 6) is -0.0884. The number of aromatic nitrogens is 8. The van der Waals surface area contributed by atoms with Crippen LogP contribution in [0.5, 0.6) is 0 Å². The topological polar surface area (TPSA) is 232 Å². The molecule has 0 aliphatic rings. The number of nitrogens with one attached hydrogen (secondary N) is 2. The highest BCUT2D eigenvalue weighted by Crippen LogP contribution is 2.17. The number of nitrogen functional groups attached to an aromatic ring is 2. The summed E-state index contributed by atoms with van der Waals surface area (Å²) in [4.78, 5) is 70.7. The van der Waals surface area contributed by atoms with Gasteiger partial charge < -0.3 is 30.9 Å². The molecule has 2 aromatic carbocycles. The Morgan fingerprint density at radius 2 is 1.02 bits per heavy atom. The van der Waals surface area contributed by atoms with Crippen molar-refractivity contribution in [3.63, 3.8) is 0 Å². The Morgan fingerprint density at radius 1 is 0.635 bits per heavy atom. The number of hydrogen-bond acceptors (Lipinski definition) is 12. The number of nitrogens with zero attached hydrogens (tertiary/aromatic N) is 6. The number of esters is 2. The van der Waals surface area contributed by atoms with E-state index in [1.807, 2.05) is 74.5 Å². The van der Waals surface area contributed by atoms with Crippen LogP contribution in [0.2, 0.25) is 0 Å². The number of anilines is 2. The molecule has 272 valence electrons. The van der Waals surface area contributed by atoms with Crippen molar-refractivity contribution in [1.82, 2.24) is 39.0 Å². The molecule has 0 spiro atoms. The van der Waals surface area contributed by atoms with Crippen molar-refractivity contribution in [2.75, 3.05) is 24.7 Å². The van der Waals surface area contributed by atoms with E-state index in [0.717, 1.165) is 36.8 Å². The van der Waals surface area contributed by atoms with E-state index in [-0.39, 0.29) is 47.5 Å². The minimum atomic E-state index is -0.412. The molecule has 0 fully saturated rings. The number of nitrogens with two attached hydrogens (primary N) is 2. The van der Waals surface area contributed by atoms with Crippen LogP contribution < -0.4 is 22.8 Å². The van der Waals surface area contributed by atoms with Crippen molar-refractivity contribution in [3.05, 3.63) is 104 Å². The Morgan fingerprint density at radius 3 is 1.38 bits per heavy atom. The van der Waals surface area contributed by atoms with E-state index < -0.39 is 11.9 Å². The zero-order valence-electron chi connectivity index (χ0n) is 29.1. The standard InChI is InChI=1S/2C18H21N5O3/c2*1-2-3-9-26-14(24)10-13-20-16(19)15-17(21-13)23(18(25)22-15)11-12-7-5-4-6-8-12/h2*4-8H,2-3,9-11H2,1H3,(H,22,25)(H2,19,20,21). The first-order valence-electron chi connectivity index (χ1n) is 17.1. The Bertz CT molecular complexity index is 2080. The van der Waals surface area contributed by atoms with Crippen LogP contribution in [0.3, 0.4) is 0 Å². The van der Waals surface area contributed by atoms with Crippen molar-refractivity contribution >= 4 is 45.9 Å². The first-order chi connectivity index (χ1) is 25.2. The second kappa shape index (κ2) is 17.6. The summed E-state index contributed by atoms with van der Waals surface area (Å²) < 4.78 is 13.2. The number of H-pyrrole nitrogens is 2. The third-order valence-electron chi connectivity index (χ3n) is 7.89. The quantitative estimate of drug-likeness (QED) is 0.0943. The van der Waals surface area contributed by atoms with Crippen molar-refractivity contribution in [1.29, 1.82) is 0 Å². The lowest BCUT2D eigenvalue weighted by Gasteiger charge is -2.06. The van der Waals surface area contributed by atoms with E-state index >= 15 is 0 Å². The molecule has 0 aliphatic heterocycles. The molecular formula is C36H42N10O6. The Labute approximate surface area is 298 Å². The molecule has 6 rings (SSSR count). The van der Waals surface area contributed by atoms with E-state index in [2.05, 4.69) is 29.9 Å². The molecule has 0 saturated carbocycles. The minimum absolute atomic E-state index is 0.0887. The molecule has 0 aliphatic carbocycles. The third-order valence-corrected chi connectivity index (χ3v) is 7.89. The van der Waals surface area contributed by atoms with E-state index in [0.29, 0.717) is 48.6 Å². The lowest BCUT2D eigenvalue weighted by molar-refractivity contribution is -0.144. The van der Waals surface area contributed by atoms with Gasteiger partial charge in [-0.25, -0.2) is 29.5 Å². The normalized spacial score (nSPS) is 11.0. The summed E-state index contributed by atoms with van der Waals surface area (Å²) in [6.45, 7) is 5.46. The summed E-state index contributed by atoms with van der Waals surface area (Å²) in [5.41, 5.74) is 14.6. The second-order valence-corrected chi connectivity index (χ2v) is 12.0. The van der Waals surface area contributed by atoms with Crippen LogP contribution >= 0.6 is 0 Å². The van der Waals surface area contributed by atoms with E-state index in [9.17, 15) is 19.2 Å². The zero-order chi connectivity index (χ0) is 37.0. The van der Waals surface area contributed by atoms with Gasteiger partial charge in [-0.15, -0.1) is 0 Å². The van der Waals surface area contributed by atoms with Gasteiger partial charge >= 0.3 is 23.3 Å². The predicted molar refractivity (Wildman–Crippen MR) is 195 cm³/mol. The number of hydrogen-bond donors (Lipinski definition) is 4. The molecule has 6 N–H and O–H groups in total. The highest BCUT2D eigenvalue weighted by molar-refractivity contribution is 5.83. The lowest BCUT2D eigenvalue weighted by atomic mass is 10.2. The number of benzene rings is 2. The SMILES string of the molecule is CCCCOC(=O)Cc1nc(N)c2[nH]c(=O)n(Cc3ccccc3)c2n1.CCCCOC(=O)Cc1nc(N)c2[nH]c(=O)n(Cc3ccccc3)c2n1. The molecule has 4 heterocycles. The fourth-order valence-corrected chi connectivity index (χ4v) is 5.20. The fraction of sp³-hybridized carbons (Fsp3) is 0.333. The first-order valence-corrected chi connectivity index (χ1v) is 17.1. The monoisotopic (exact) mass is 710 g/mol. The van der Waals surface area contributed by atoms with Crippen LogP contribution in [-0.4, -0.2) is 64.2 Å². The molecule has 0 saturated heterocycles. The molecular weight excluding hydrogens is 668 g/mol. The fourth-order valence-electron chi connectivity index (χ4n) is 5.20. The first kappa shape index (κ1) is 36.9. The number of unbranched alkanes of at least 4 members (excludes halogenated alkanes) is 2. The third kappa shape index (κ3) is 9.47. The van der Waals surface area contributed by atoms with Gasteiger partial charge in [0.15, 0.2) is 22.9 Å². The van der Waals surface area contributed by atoms with Gasteiger partial charge in [-0.05, 0) is 24.0 Å². The molecule has 0 unspecified atom stereocenters. The minimum Gasteiger partial charge on any atom is -0.465 e. The molecule has 16 nitrogen and oxygen atoms in total. The molecule has 0 radical (unpaired) electrons. The summed E-state index contributed by atoms with van der Waals surface area (Å²) in [6.07, 6.45) is 3.32. The number of fused-ring (bicyclic) bond motifs is 2. The number of rotatable bonds is 14. The number of carbonyl (C=O) groups is 2. The zero-order valence-corrected chi connectivity index (χ0v) is 29.1. The Balaban J connectivity index is 0.000000201. The molecule has 52 heavy (non-hydrogen) atoms. The highest BCUT2D eigenvalue weighted by Gasteiger charge is 2.18. The van der Waals surface area contributed by atoms with Crippen LogP contribution in [0.15, 0.2) is 70.3 Å². The number of carbonyl (C=O) groups excluding carboxylic acids is 2. The van der Waals surface area contributed by atoms with Gasteiger partial charge in [-0.1, -0.05) is 87.4 Å². The largest absolute Gasteiger partial charge is 0.465 e. The van der Waals surface area contributed by atoms with Gasteiger partial charge in [0.25, 0.3) is 0 Å². The average Bonchev–Trinajstić information content (AvgIpc) is 3.61. The van der Waals surface area contributed by atoms with Crippen LogP contribution in [0.25, 0.3) is 22.3 Å². The molecule has 0 atom stereocenters. The summed E-state index contributed by atoms with van der Waals surface area (Å²) in [5, 5.41) is 0. The maximum absolute atomic E-state index is 12.3. The summed E-state index contributed by atoms with van der Waals surface area (Å²) >= 11 is 0. The molecule has 6 aromatic rings. The Hall–Kier alpha value is -6.32. The molecule has 16 heteroatoms. The van der Waals surface area contributed by atoms with Crippen LogP contribution in [0, 0.1) is 0 Å². The van der Waals surface area contributed by atoms with Crippen molar-refractivity contribution in [2.45, 2.75) is 65.5 Å². The van der Waals surface area contributed by atoms with Crippen LogP contribution in [0.4, 0.5) is 11.6 Å². The van der Waals surface area contributed by atoms with Gasteiger partial charge in [0.1, 0.15) is 35.5 Å². The van der Waals surface area contributed by atoms with Gasteiger partial charge in [-0.3, -0.25) is 18.7 Å². The van der Waals surface area contributed by atoms with E-state index in [1.54, 1.807) is 0 Å². The summed E-state index contributed by atoms with van der Waals surface area (Å²) in [6, 6.07) is 19.1. The van der Waals surface area contributed by atoms with Crippen molar-refractivity contribution < 1.29 is 19.1 Å². The average molecular weight is 711 g/mol. The van der Waals surface area contributed by atoms with Gasteiger partial charge in [0.2, 0.25) is 0 Å². The van der Waals surface area contributed by atoms with Crippen LogP contribution in [-0.2, 0) is 45.0 Å². The van der Waals surface area contributed by atoms with Gasteiger partial charge in [-0.2, -0.15) is 0 Å². The molecule has 0 amide bonds. The second-order valence-electron chi connectivity index (χ2n) is 12.0. The number of aromatic amines is 2. The maximum Gasteiger partial charge on any atom is 0.328 e. The molecule has 0 bridgehead atoms. The van der Waals surface area contributed by atoms with E-state index in [1.165, 1.54) is 9.13 Å².